The second-order valence-electron chi connectivity index (χ2n) is 8.77. The number of likely N-dealkylation sites (tertiary alicyclic amines) is 1. The van der Waals surface area contributed by atoms with Gasteiger partial charge in [0.2, 0.25) is 5.82 Å². The van der Waals surface area contributed by atoms with Crippen LogP contribution < -0.4 is 5.32 Å². The van der Waals surface area contributed by atoms with E-state index in [1.165, 1.54) is 0 Å². The van der Waals surface area contributed by atoms with E-state index < -0.39 is 6.16 Å². The zero-order valence-electron chi connectivity index (χ0n) is 19.5. The predicted octanol–water partition coefficient (Wildman–Crippen LogP) is 4.29. The molecule has 5 rings (SSSR count). The monoisotopic (exact) mass is 474 g/mol. The van der Waals surface area contributed by atoms with Crippen LogP contribution in [0.4, 0.5) is 10.6 Å². The van der Waals surface area contributed by atoms with Crippen LogP contribution in [-0.4, -0.2) is 61.3 Å². The Hall–Kier alpha value is -4.18. The molecule has 1 fully saturated rings. The van der Waals surface area contributed by atoms with Gasteiger partial charge < -0.3 is 19.7 Å². The average Bonchev–Trinajstić information content (AvgIpc) is 3.45. The van der Waals surface area contributed by atoms with E-state index in [2.05, 4.69) is 39.3 Å². The number of hydrogen-bond acceptors (Lipinski definition) is 8. The molecule has 0 saturated carbocycles. The molecule has 0 atom stereocenters. The van der Waals surface area contributed by atoms with Gasteiger partial charge in [-0.15, -0.1) is 0 Å². The first kappa shape index (κ1) is 22.6. The van der Waals surface area contributed by atoms with Crippen molar-refractivity contribution in [1.82, 2.24) is 24.8 Å². The molecule has 1 aliphatic heterocycles. The van der Waals surface area contributed by atoms with Gasteiger partial charge in [-0.3, -0.25) is 4.90 Å². The summed E-state index contributed by atoms with van der Waals surface area (Å²) >= 11 is 0. The molecule has 35 heavy (non-hydrogen) atoms. The van der Waals surface area contributed by atoms with E-state index in [0.717, 1.165) is 34.7 Å². The van der Waals surface area contributed by atoms with Crippen molar-refractivity contribution in [2.24, 2.45) is 0 Å². The highest BCUT2D eigenvalue weighted by Crippen LogP contribution is 2.31. The second-order valence-corrected chi connectivity index (χ2v) is 8.77. The van der Waals surface area contributed by atoms with Crippen LogP contribution in [0.15, 0.2) is 65.3 Å². The fourth-order valence-electron chi connectivity index (χ4n) is 4.02. The van der Waals surface area contributed by atoms with Crippen LogP contribution in [0.3, 0.4) is 0 Å². The van der Waals surface area contributed by atoms with E-state index in [0.29, 0.717) is 24.8 Å². The molecule has 0 radical (unpaired) electrons. The van der Waals surface area contributed by atoms with Gasteiger partial charge in [0.05, 0.1) is 11.9 Å². The third-order valence-corrected chi connectivity index (χ3v) is 5.66. The molecule has 0 bridgehead atoms. The minimum absolute atomic E-state index is 0.181. The number of hydrogen-bond donors (Lipinski definition) is 2. The lowest BCUT2D eigenvalue weighted by Crippen LogP contribution is -2.52. The number of anilines is 1. The third kappa shape index (κ3) is 5.02. The number of carbonyl (C=O) groups is 1. The van der Waals surface area contributed by atoms with Crippen LogP contribution in [-0.2, 0) is 11.3 Å². The van der Waals surface area contributed by atoms with Gasteiger partial charge in [-0.2, -0.15) is 10.1 Å². The molecule has 0 aliphatic carbocycles. The zero-order chi connectivity index (χ0) is 24.4. The first-order valence-corrected chi connectivity index (χ1v) is 11.4. The molecule has 2 N–H and O–H groups in total. The molecular weight excluding hydrogens is 448 g/mol. The number of ether oxygens (including phenoxy) is 1. The summed E-state index contributed by atoms with van der Waals surface area (Å²) in [5, 5.41) is 20.9. The van der Waals surface area contributed by atoms with Crippen LogP contribution >= 0.6 is 0 Å². The Morgan fingerprint density at radius 2 is 1.91 bits per heavy atom. The van der Waals surface area contributed by atoms with Crippen molar-refractivity contribution in [3.63, 3.8) is 0 Å². The summed E-state index contributed by atoms with van der Waals surface area (Å²) in [6.45, 7) is 6.05. The lowest BCUT2D eigenvalue weighted by atomic mass is 10.1. The summed E-state index contributed by atoms with van der Waals surface area (Å²) in [7, 11) is 0. The van der Waals surface area contributed by atoms with E-state index >= 15 is 0 Å². The fourth-order valence-corrected chi connectivity index (χ4v) is 4.02. The van der Waals surface area contributed by atoms with Gasteiger partial charge in [0.1, 0.15) is 17.5 Å². The second kappa shape index (κ2) is 9.59. The number of aromatic nitrogens is 4. The predicted molar refractivity (Wildman–Crippen MR) is 129 cm³/mol. The van der Waals surface area contributed by atoms with E-state index in [4.69, 9.17) is 14.4 Å². The van der Waals surface area contributed by atoms with Gasteiger partial charge in [-0.1, -0.05) is 47.6 Å². The summed E-state index contributed by atoms with van der Waals surface area (Å²) < 4.78 is 12.2. The normalized spacial score (nSPS) is 14.1. The number of nitrogens with one attached hydrogen (secondary N) is 1. The van der Waals surface area contributed by atoms with Crippen molar-refractivity contribution < 1.29 is 19.2 Å². The number of para-hydroxylation sites is 1. The van der Waals surface area contributed by atoms with E-state index in [1.54, 1.807) is 6.20 Å². The highest BCUT2D eigenvalue weighted by Gasteiger charge is 2.29. The maximum Gasteiger partial charge on any atom is 0.506 e. The van der Waals surface area contributed by atoms with Gasteiger partial charge in [0.25, 0.3) is 5.89 Å². The third-order valence-electron chi connectivity index (χ3n) is 5.66. The standard InChI is InChI=1S/C25H26N6O4/c1-16(2)27-23-21(12-26-31(23)19-6-4-3-5-7-19)24-28-22(29-35-24)18-10-8-17(9-11-18)13-30-14-20(15-30)34-25(32)33/h3-12,16,20,27H,13-15H2,1-2H3,(H,32,33). The zero-order valence-corrected chi connectivity index (χ0v) is 19.5. The van der Waals surface area contributed by atoms with E-state index in [1.807, 2.05) is 59.3 Å². The Morgan fingerprint density at radius 3 is 2.60 bits per heavy atom. The Labute approximate surface area is 202 Å². The molecule has 0 amide bonds. The first-order valence-electron chi connectivity index (χ1n) is 11.4. The largest absolute Gasteiger partial charge is 0.506 e. The molecule has 0 unspecified atom stereocenters. The molecule has 4 aromatic rings. The van der Waals surface area contributed by atoms with E-state index in [-0.39, 0.29) is 12.1 Å². The summed E-state index contributed by atoms with van der Waals surface area (Å²) in [5.41, 5.74) is 3.61. The number of rotatable bonds is 8. The number of carboxylic acid groups (broad SMARTS) is 1. The number of nitrogens with zero attached hydrogens (tertiary/aromatic N) is 5. The minimum atomic E-state index is -1.22. The molecule has 2 aromatic carbocycles. The van der Waals surface area contributed by atoms with Gasteiger partial charge in [0, 0.05) is 31.2 Å². The minimum Gasteiger partial charge on any atom is -0.450 e. The van der Waals surface area contributed by atoms with Crippen LogP contribution in [0.1, 0.15) is 19.4 Å². The quantitative estimate of drug-likeness (QED) is 0.361. The maximum atomic E-state index is 10.6. The van der Waals surface area contributed by atoms with Crippen LogP contribution in [0, 0.1) is 0 Å². The van der Waals surface area contributed by atoms with Crippen molar-refractivity contribution in [3.8, 4) is 28.5 Å². The lowest BCUT2D eigenvalue weighted by Gasteiger charge is -2.37. The Balaban J connectivity index is 1.31. The highest BCUT2D eigenvalue weighted by molar-refractivity contribution is 5.72. The average molecular weight is 475 g/mol. The lowest BCUT2D eigenvalue weighted by molar-refractivity contribution is -0.0363. The molecule has 10 heteroatoms. The molecule has 2 aromatic heterocycles. The molecule has 10 nitrogen and oxygen atoms in total. The number of benzene rings is 2. The molecule has 3 heterocycles. The highest BCUT2D eigenvalue weighted by atomic mass is 16.7. The van der Waals surface area contributed by atoms with Crippen molar-refractivity contribution in [2.75, 3.05) is 18.4 Å². The van der Waals surface area contributed by atoms with Crippen LogP contribution in [0.5, 0.6) is 0 Å². The topological polar surface area (TPSA) is 119 Å². The van der Waals surface area contributed by atoms with Gasteiger partial charge in [0.15, 0.2) is 0 Å². The summed E-state index contributed by atoms with van der Waals surface area (Å²) in [5.74, 6) is 1.67. The van der Waals surface area contributed by atoms with Gasteiger partial charge in [-0.25, -0.2) is 9.48 Å². The summed E-state index contributed by atoms with van der Waals surface area (Å²) in [4.78, 5) is 17.4. The van der Waals surface area contributed by atoms with Gasteiger partial charge >= 0.3 is 6.16 Å². The Bertz CT molecular complexity index is 1290. The van der Waals surface area contributed by atoms with Crippen LogP contribution in [0.2, 0.25) is 0 Å². The first-order chi connectivity index (χ1) is 17.0. The summed E-state index contributed by atoms with van der Waals surface area (Å²) in [6, 6.07) is 18.0. The van der Waals surface area contributed by atoms with Crippen molar-refractivity contribution in [3.05, 3.63) is 66.4 Å². The maximum absolute atomic E-state index is 10.6. The molecular formula is C25H26N6O4. The fraction of sp³-hybridized carbons (Fsp3) is 0.280. The van der Waals surface area contributed by atoms with E-state index in [9.17, 15) is 4.79 Å². The SMILES string of the molecule is CC(C)Nc1c(-c2nc(-c3ccc(CN4CC(OC(=O)O)C4)cc3)no2)cnn1-c1ccccc1. The Kier molecular flexibility index (Phi) is 6.19. The van der Waals surface area contributed by atoms with Gasteiger partial charge in [-0.05, 0) is 31.5 Å². The van der Waals surface area contributed by atoms with Crippen molar-refractivity contribution >= 4 is 12.0 Å². The Morgan fingerprint density at radius 1 is 1.17 bits per heavy atom. The smallest absolute Gasteiger partial charge is 0.450 e. The van der Waals surface area contributed by atoms with Crippen molar-refractivity contribution in [1.29, 1.82) is 0 Å². The van der Waals surface area contributed by atoms with Crippen LogP contribution in [0.25, 0.3) is 28.5 Å². The molecule has 1 aliphatic rings. The summed E-state index contributed by atoms with van der Waals surface area (Å²) in [6.07, 6.45) is 0.260. The molecule has 0 spiro atoms. The molecule has 180 valence electrons. The molecule has 1 saturated heterocycles. The van der Waals surface area contributed by atoms with Crippen molar-refractivity contribution in [2.45, 2.75) is 32.5 Å².